The zero-order valence-electron chi connectivity index (χ0n) is 15.9. The molecule has 0 aliphatic carbocycles. The van der Waals surface area contributed by atoms with Crippen LogP contribution in [0.2, 0.25) is 0 Å². The molecule has 3 N–H and O–H groups in total. The number of carbonyl (C=O) groups is 2. The van der Waals surface area contributed by atoms with Gasteiger partial charge in [0.1, 0.15) is 5.82 Å². The number of hydrogen-bond acceptors (Lipinski definition) is 5. The van der Waals surface area contributed by atoms with Gasteiger partial charge in [-0.2, -0.15) is 5.10 Å². The Morgan fingerprint density at radius 1 is 0.968 bits per heavy atom. The molecule has 0 radical (unpaired) electrons. The number of benzene rings is 2. The summed E-state index contributed by atoms with van der Waals surface area (Å²) in [4.78, 5) is 38.0. The summed E-state index contributed by atoms with van der Waals surface area (Å²) in [7, 11) is 0. The van der Waals surface area contributed by atoms with E-state index in [1.165, 1.54) is 29.5 Å². The van der Waals surface area contributed by atoms with Gasteiger partial charge < -0.3 is 0 Å². The second-order valence-corrected chi connectivity index (χ2v) is 7.55. The first-order chi connectivity index (χ1) is 15.0. The summed E-state index contributed by atoms with van der Waals surface area (Å²) in [6.07, 6.45) is 2.88. The van der Waals surface area contributed by atoms with Crippen LogP contribution in [0.25, 0.3) is 27.3 Å². The summed E-state index contributed by atoms with van der Waals surface area (Å²) in [6, 6.07) is 16.4. The van der Waals surface area contributed by atoms with Gasteiger partial charge in [-0.15, -0.1) is 11.3 Å². The molecule has 0 unspecified atom stereocenters. The first kappa shape index (κ1) is 20.2. The van der Waals surface area contributed by atoms with Crippen molar-refractivity contribution in [2.45, 2.75) is 0 Å². The molecule has 0 aliphatic rings. The third-order valence-electron chi connectivity index (χ3n) is 4.36. The first-order valence-corrected chi connectivity index (χ1v) is 9.94. The minimum atomic E-state index is -0.663. The summed E-state index contributed by atoms with van der Waals surface area (Å²) >= 11 is 1.44. The number of hydrogen-bond donors (Lipinski definition) is 3. The highest BCUT2D eigenvalue weighted by molar-refractivity contribution is 7.16. The molecule has 0 fully saturated rings. The average molecular weight is 434 g/mol. The van der Waals surface area contributed by atoms with Crippen LogP contribution < -0.4 is 16.4 Å². The SMILES string of the molecule is O=C(/C=C/c1ccc(-c2ccc(F)cc2)s1)NNC(=O)c1n[nH]c(=O)c2ccccc12. The van der Waals surface area contributed by atoms with Gasteiger partial charge in [0, 0.05) is 21.2 Å². The Kier molecular flexibility index (Phi) is 5.67. The van der Waals surface area contributed by atoms with Gasteiger partial charge in [-0.25, -0.2) is 9.49 Å². The van der Waals surface area contributed by atoms with E-state index in [-0.39, 0.29) is 11.5 Å². The molecule has 2 heterocycles. The Balaban J connectivity index is 1.39. The number of hydrazine groups is 1. The van der Waals surface area contributed by atoms with E-state index in [4.69, 9.17) is 0 Å². The number of rotatable bonds is 4. The number of carbonyl (C=O) groups excluding carboxylic acids is 2. The molecule has 4 rings (SSSR count). The van der Waals surface area contributed by atoms with Crippen LogP contribution in [-0.2, 0) is 4.79 Å². The summed E-state index contributed by atoms with van der Waals surface area (Å²) in [5.41, 5.74) is 5.02. The van der Waals surface area contributed by atoms with Crippen molar-refractivity contribution in [2.24, 2.45) is 0 Å². The zero-order valence-corrected chi connectivity index (χ0v) is 16.7. The lowest BCUT2D eigenvalue weighted by Gasteiger charge is -2.06. The molecule has 0 saturated heterocycles. The van der Waals surface area contributed by atoms with Crippen molar-refractivity contribution < 1.29 is 14.0 Å². The van der Waals surface area contributed by atoms with Crippen LogP contribution in [0.5, 0.6) is 0 Å². The van der Waals surface area contributed by atoms with E-state index in [1.807, 2.05) is 12.1 Å². The standard InChI is InChI=1S/C22H15FN4O3S/c23-14-7-5-13(6-8-14)18-11-9-15(31-18)10-12-19(28)24-27-22(30)20-16-3-1-2-4-17(16)21(29)26-25-20/h1-12H,(H,24,28)(H,26,29)(H,27,30)/b12-10+. The molecule has 0 atom stereocenters. The number of amides is 2. The van der Waals surface area contributed by atoms with Crippen LogP contribution >= 0.6 is 11.3 Å². The van der Waals surface area contributed by atoms with E-state index in [1.54, 1.807) is 42.5 Å². The highest BCUT2D eigenvalue weighted by atomic mass is 32.1. The molecule has 4 aromatic rings. The van der Waals surface area contributed by atoms with Crippen LogP contribution in [0, 0.1) is 5.82 Å². The number of aromatic nitrogens is 2. The van der Waals surface area contributed by atoms with Crippen molar-refractivity contribution in [3.8, 4) is 10.4 Å². The Morgan fingerprint density at radius 3 is 2.48 bits per heavy atom. The van der Waals surface area contributed by atoms with Crippen LogP contribution in [0.3, 0.4) is 0 Å². The minimum absolute atomic E-state index is 0.0123. The quantitative estimate of drug-likeness (QED) is 0.339. The lowest BCUT2D eigenvalue weighted by molar-refractivity contribution is -0.117. The number of aromatic amines is 1. The van der Waals surface area contributed by atoms with Crippen LogP contribution in [-0.4, -0.2) is 22.0 Å². The third kappa shape index (κ3) is 4.57. The van der Waals surface area contributed by atoms with Gasteiger partial charge in [-0.1, -0.05) is 30.3 Å². The average Bonchev–Trinajstić information content (AvgIpc) is 3.26. The number of H-pyrrole nitrogens is 1. The second-order valence-electron chi connectivity index (χ2n) is 6.43. The lowest BCUT2D eigenvalue weighted by Crippen LogP contribution is -2.41. The Bertz CT molecular complexity index is 1360. The summed E-state index contributed by atoms with van der Waals surface area (Å²) in [5, 5.41) is 6.74. The molecule has 0 aliphatic heterocycles. The fraction of sp³-hybridized carbons (Fsp3) is 0. The predicted molar refractivity (Wildman–Crippen MR) is 117 cm³/mol. The fourth-order valence-corrected chi connectivity index (χ4v) is 3.79. The molecule has 9 heteroatoms. The normalized spacial score (nSPS) is 11.0. The van der Waals surface area contributed by atoms with Crippen LogP contribution in [0.1, 0.15) is 15.4 Å². The highest BCUT2D eigenvalue weighted by Gasteiger charge is 2.14. The molecule has 2 aromatic heterocycles. The van der Waals surface area contributed by atoms with Crippen molar-refractivity contribution in [1.29, 1.82) is 0 Å². The molecule has 0 bridgehead atoms. The van der Waals surface area contributed by atoms with Gasteiger partial charge in [0.25, 0.3) is 17.4 Å². The van der Waals surface area contributed by atoms with E-state index >= 15 is 0 Å². The van der Waals surface area contributed by atoms with Gasteiger partial charge in [-0.05, 0) is 42.0 Å². The zero-order chi connectivity index (χ0) is 21.8. The Labute approximate surface area is 179 Å². The van der Waals surface area contributed by atoms with Gasteiger partial charge >= 0.3 is 0 Å². The second kappa shape index (κ2) is 8.72. The fourth-order valence-electron chi connectivity index (χ4n) is 2.88. The van der Waals surface area contributed by atoms with E-state index in [2.05, 4.69) is 21.0 Å². The molecular formula is C22H15FN4O3S. The van der Waals surface area contributed by atoms with Crippen molar-refractivity contribution in [3.05, 3.63) is 93.5 Å². The van der Waals surface area contributed by atoms with E-state index < -0.39 is 17.4 Å². The predicted octanol–water partition coefficient (Wildman–Crippen LogP) is 3.27. The summed E-state index contributed by atoms with van der Waals surface area (Å²) < 4.78 is 13.0. The monoisotopic (exact) mass is 434 g/mol. The van der Waals surface area contributed by atoms with Crippen molar-refractivity contribution in [3.63, 3.8) is 0 Å². The Hall–Kier alpha value is -4.11. The largest absolute Gasteiger partial charge is 0.290 e. The molecule has 2 aromatic carbocycles. The molecular weight excluding hydrogens is 419 g/mol. The number of nitrogens with zero attached hydrogens (tertiary/aromatic N) is 1. The smallest absolute Gasteiger partial charge is 0.268 e. The molecule has 7 nitrogen and oxygen atoms in total. The molecule has 31 heavy (non-hydrogen) atoms. The summed E-state index contributed by atoms with van der Waals surface area (Å²) in [6.45, 7) is 0. The highest BCUT2D eigenvalue weighted by Crippen LogP contribution is 2.28. The van der Waals surface area contributed by atoms with Crippen molar-refractivity contribution >= 4 is 40.0 Å². The Morgan fingerprint density at radius 2 is 1.71 bits per heavy atom. The third-order valence-corrected chi connectivity index (χ3v) is 5.46. The first-order valence-electron chi connectivity index (χ1n) is 9.13. The van der Waals surface area contributed by atoms with Crippen molar-refractivity contribution in [2.75, 3.05) is 0 Å². The van der Waals surface area contributed by atoms with E-state index in [9.17, 15) is 18.8 Å². The minimum Gasteiger partial charge on any atom is -0.268 e. The number of thiophene rings is 1. The molecule has 2 amide bonds. The maximum atomic E-state index is 13.0. The van der Waals surface area contributed by atoms with Crippen molar-refractivity contribution in [1.82, 2.24) is 21.0 Å². The maximum absolute atomic E-state index is 13.0. The van der Waals surface area contributed by atoms with Gasteiger partial charge in [0.15, 0.2) is 5.69 Å². The topological polar surface area (TPSA) is 104 Å². The maximum Gasteiger partial charge on any atom is 0.290 e. The van der Waals surface area contributed by atoms with Gasteiger partial charge in [0.2, 0.25) is 0 Å². The molecule has 0 saturated carbocycles. The van der Waals surface area contributed by atoms with Gasteiger partial charge in [0.05, 0.1) is 5.39 Å². The lowest BCUT2D eigenvalue weighted by atomic mass is 10.1. The van der Waals surface area contributed by atoms with Gasteiger partial charge in [-0.3, -0.25) is 25.2 Å². The van der Waals surface area contributed by atoms with E-state index in [0.717, 1.165) is 15.3 Å². The number of fused-ring (bicyclic) bond motifs is 1. The number of nitrogens with one attached hydrogen (secondary N) is 3. The molecule has 0 spiro atoms. The summed E-state index contributed by atoms with van der Waals surface area (Å²) in [5.74, 6) is -1.51. The molecule has 154 valence electrons. The number of halogens is 1. The van der Waals surface area contributed by atoms with Crippen LogP contribution in [0.15, 0.2) is 71.5 Å². The van der Waals surface area contributed by atoms with Crippen LogP contribution in [0.4, 0.5) is 4.39 Å². The van der Waals surface area contributed by atoms with E-state index in [0.29, 0.717) is 10.8 Å².